The van der Waals surface area contributed by atoms with E-state index in [1.165, 1.54) is 25.6 Å². The lowest BCUT2D eigenvalue weighted by Crippen LogP contribution is -2.40. The fraction of sp³-hybridized carbons (Fsp3) is 0.636. The van der Waals surface area contributed by atoms with E-state index in [0.29, 0.717) is 17.5 Å². The van der Waals surface area contributed by atoms with Gasteiger partial charge in [0.05, 0.1) is 0 Å². The number of aromatic nitrogens is 2. The predicted molar refractivity (Wildman–Crippen MR) is 66.1 cm³/mol. The van der Waals surface area contributed by atoms with E-state index in [0.717, 1.165) is 18.8 Å². The van der Waals surface area contributed by atoms with Crippen LogP contribution < -0.4 is 16.4 Å². The molecule has 0 saturated carbocycles. The van der Waals surface area contributed by atoms with Gasteiger partial charge in [0.15, 0.2) is 11.6 Å². The zero-order chi connectivity index (χ0) is 11.5. The van der Waals surface area contributed by atoms with Crippen LogP contribution >= 0.6 is 0 Å². The molecule has 5 heteroatoms. The van der Waals surface area contributed by atoms with Gasteiger partial charge in [0.1, 0.15) is 12.0 Å². The highest BCUT2D eigenvalue weighted by Crippen LogP contribution is 2.30. The summed E-state index contributed by atoms with van der Waals surface area (Å²) in [6.45, 7) is 3.21. The molecule has 5 nitrogen and oxygen atoms in total. The quantitative estimate of drug-likeness (QED) is 0.789. The molecule has 0 bridgehead atoms. The van der Waals surface area contributed by atoms with Crippen molar-refractivity contribution >= 4 is 17.3 Å². The van der Waals surface area contributed by atoms with Gasteiger partial charge in [-0.1, -0.05) is 6.92 Å². The molecule has 1 aromatic rings. The molecule has 0 spiro atoms. The number of hydrogen-bond acceptors (Lipinski definition) is 5. The Morgan fingerprint density at radius 2 is 2.19 bits per heavy atom. The van der Waals surface area contributed by atoms with E-state index in [-0.39, 0.29) is 0 Å². The molecule has 1 aliphatic heterocycles. The Kier molecular flexibility index (Phi) is 3.12. The van der Waals surface area contributed by atoms with Crippen molar-refractivity contribution in [2.45, 2.75) is 38.6 Å². The zero-order valence-corrected chi connectivity index (χ0v) is 9.69. The number of piperidine rings is 1. The molecule has 0 aliphatic carbocycles. The average molecular weight is 221 g/mol. The molecule has 0 radical (unpaired) electrons. The van der Waals surface area contributed by atoms with Gasteiger partial charge in [-0.15, -0.1) is 0 Å². The van der Waals surface area contributed by atoms with Gasteiger partial charge in [-0.2, -0.15) is 0 Å². The molecular weight excluding hydrogens is 202 g/mol. The third-order valence-electron chi connectivity index (χ3n) is 3.26. The van der Waals surface area contributed by atoms with Crippen LogP contribution in [0.1, 0.15) is 32.6 Å². The lowest BCUT2D eigenvalue weighted by Gasteiger charge is -2.36. The van der Waals surface area contributed by atoms with E-state index in [1.54, 1.807) is 0 Å². The number of anilines is 3. The Bertz CT molecular complexity index is 365. The van der Waals surface area contributed by atoms with Crippen molar-refractivity contribution in [3.05, 3.63) is 6.33 Å². The fourth-order valence-corrected chi connectivity index (χ4v) is 2.33. The highest BCUT2D eigenvalue weighted by atomic mass is 15.2. The van der Waals surface area contributed by atoms with Crippen LogP contribution in [0, 0.1) is 0 Å². The van der Waals surface area contributed by atoms with E-state index in [1.807, 2.05) is 0 Å². The van der Waals surface area contributed by atoms with Crippen molar-refractivity contribution in [1.82, 2.24) is 9.97 Å². The minimum atomic E-state index is 0.380. The normalized spacial score (nSPS) is 21.1. The first-order valence-electron chi connectivity index (χ1n) is 5.86. The molecule has 0 amide bonds. The van der Waals surface area contributed by atoms with Crippen molar-refractivity contribution < 1.29 is 0 Å². The SMILES string of the molecule is CCC1CCCCN1c1ncnc(N)c1N. The van der Waals surface area contributed by atoms with Crippen molar-refractivity contribution in [3.63, 3.8) is 0 Å². The topological polar surface area (TPSA) is 81.1 Å². The lowest BCUT2D eigenvalue weighted by atomic mass is 10.00. The number of nitrogens with zero attached hydrogens (tertiary/aromatic N) is 3. The van der Waals surface area contributed by atoms with Gasteiger partial charge in [0, 0.05) is 12.6 Å². The summed E-state index contributed by atoms with van der Waals surface area (Å²) in [4.78, 5) is 10.4. The molecule has 2 rings (SSSR count). The standard InChI is InChI=1S/C11H19N5/c1-2-8-5-3-4-6-16(8)11-9(12)10(13)14-7-15-11/h7-8H,2-6,12H2,1H3,(H2,13,14,15). The molecule has 1 atom stereocenters. The Balaban J connectivity index is 2.30. The smallest absolute Gasteiger partial charge is 0.157 e. The first-order chi connectivity index (χ1) is 7.74. The maximum atomic E-state index is 5.94. The molecule has 1 unspecified atom stereocenters. The largest absolute Gasteiger partial charge is 0.393 e. The van der Waals surface area contributed by atoms with E-state index >= 15 is 0 Å². The second-order valence-electron chi connectivity index (χ2n) is 4.25. The first-order valence-corrected chi connectivity index (χ1v) is 5.86. The second kappa shape index (κ2) is 4.55. The van der Waals surface area contributed by atoms with Crippen LogP contribution in [0.15, 0.2) is 6.33 Å². The molecule has 88 valence electrons. The molecule has 16 heavy (non-hydrogen) atoms. The maximum Gasteiger partial charge on any atom is 0.157 e. The summed E-state index contributed by atoms with van der Waals surface area (Å²) in [5, 5.41) is 0. The molecule has 1 aliphatic rings. The van der Waals surface area contributed by atoms with E-state index in [2.05, 4.69) is 21.8 Å². The first kappa shape index (κ1) is 11.0. The summed E-state index contributed by atoms with van der Waals surface area (Å²) in [7, 11) is 0. The third kappa shape index (κ3) is 1.89. The van der Waals surface area contributed by atoms with Gasteiger partial charge in [-0.25, -0.2) is 9.97 Å². The second-order valence-corrected chi connectivity index (χ2v) is 4.25. The van der Waals surface area contributed by atoms with Crippen LogP contribution in [0.5, 0.6) is 0 Å². The Hall–Kier alpha value is -1.52. The van der Waals surface area contributed by atoms with Gasteiger partial charge in [0.25, 0.3) is 0 Å². The van der Waals surface area contributed by atoms with Crippen molar-refractivity contribution in [3.8, 4) is 0 Å². The van der Waals surface area contributed by atoms with Gasteiger partial charge in [-0.05, 0) is 25.7 Å². The minimum Gasteiger partial charge on any atom is -0.393 e. The molecule has 0 aromatic carbocycles. The third-order valence-corrected chi connectivity index (χ3v) is 3.26. The van der Waals surface area contributed by atoms with Gasteiger partial charge in [-0.3, -0.25) is 0 Å². The van der Waals surface area contributed by atoms with Crippen LogP contribution in [0.3, 0.4) is 0 Å². The summed E-state index contributed by atoms with van der Waals surface area (Å²) in [5.41, 5.74) is 12.2. The van der Waals surface area contributed by atoms with Crippen LogP contribution in [0.25, 0.3) is 0 Å². The Morgan fingerprint density at radius 1 is 1.38 bits per heavy atom. The summed E-state index contributed by atoms with van der Waals surface area (Å²) >= 11 is 0. The molecule has 2 heterocycles. The van der Waals surface area contributed by atoms with Gasteiger partial charge >= 0.3 is 0 Å². The highest BCUT2D eigenvalue weighted by Gasteiger charge is 2.24. The summed E-state index contributed by atoms with van der Waals surface area (Å²) in [6.07, 6.45) is 6.29. The summed E-state index contributed by atoms with van der Waals surface area (Å²) in [6, 6.07) is 0.533. The number of rotatable bonds is 2. The molecule has 1 fully saturated rings. The van der Waals surface area contributed by atoms with Gasteiger partial charge < -0.3 is 16.4 Å². The van der Waals surface area contributed by atoms with Crippen LogP contribution in [-0.2, 0) is 0 Å². The Morgan fingerprint density at radius 3 is 2.94 bits per heavy atom. The van der Waals surface area contributed by atoms with Gasteiger partial charge in [0.2, 0.25) is 0 Å². The molecule has 1 saturated heterocycles. The predicted octanol–water partition coefficient (Wildman–Crippen LogP) is 1.41. The zero-order valence-electron chi connectivity index (χ0n) is 9.69. The number of nitrogen functional groups attached to an aromatic ring is 2. The molecule has 4 N–H and O–H groups in total. The fourth-order valence-electron chi connectivity index (χ4n) is 2.33. The van der Waals surface area contributed by atoms with Crippen molar-refractivity contribution in [2.24, 2.45) is 0 Å². The number of nitrogens with two attached hydrogens (primary N) is 2. The van der Waals surface area contributed by atoms with E-state index < -0.39 is 0 Å². The van der Waals surface area contributed by atoms with Crippen molar-refractivity contribution in [1.29, 1.82) is 0 Å². The maximum absolute atomic E-state index is 5.94. The van der Waals surface area contributed by atoms with Crippen LogP contribution in [0.4, 0.5) is 17.3 Å². The molecular formula is C11H19N5. The summed E-state index contributed by atoms with van der Waals surface area (Å²) in [5.74, 6) is 1.18. The summed E-state index contributed by atoms with van der Waals surface area (Å²) < 4.78 is 0. The van der Waals surface area contributed by atoms with Crippen molar-refractivity contribution in [2.75, 3.05) is 22.9 Å². The van der Waals surface area contributed by atoms with E-state index in [9.17, 15) is 0 Å². The molecule has 1 aromatic heterocycles. The highest BCUT2D eigenvalue weighted by molar-refractivity contribution is 5.73. The number of hydrogen-bond donors (Lipinski definition) is 2. The van der Waals surface area contributed by atoms with Crippen LogP contribution in [-0.4, -0.2) is 22.6 Å². The van der Waals surface area contributed by atoms with Crippen LogP contribution in [0.2, 0.25) is 0 Å². The van der Waals surface area contributed by atoms with E-state index in [4.69, 9.17) is 11.5 Å². The Labute approximate surface area is 95.9 Å². The average Bonchev–Trinajstić information content (AvgIpc) is 2.33. The minimum absolute atomic E-state index is 0.380. The monoisotopic (exact) mass is 221 g/mol. The lowest BCUT2D eigenvalue weighted by molar-refractivity contribution is 0.447.